The minimum atomic E-state index is 0.655. The Kier molecular flexibility index (Phi) is 4.36. The van der Waals surface area contributed by atoms with Gasteiger partial charge in [-0.05, 0) is 58.1 Å². The van der Waals surface area contributed by atoms with Gasteiger partial charge in [0.15, 0.2) is 5.82 Å². The molecule has 0 spiro atoms. The van der Waals surface area contributed by atoms with E-state index < -0.39 is 0 Å². The lowest BCUT2D eigenvalue weighted by atomic mass is 10.0. The predicted molar refractivity (Wildman–Crippen MR) is 103 cm³/mol. The van der Waals surface area contributed by atoms with Gasteiger partial charge in [-0.2, -0.15) is 10.1 Å². The van der Waals surface area contributed by atoms with Crippen molar-refractivity contribution in [2.45, 2.75) is 19.9 Å². The summed E-state index contributed by atoms with van der Waals surface area (Å²) in [7, 11) is 0. The van der Waals surface area contributed by atoms with Crippen molar-refractivity contribution in [3.8, 4) is 0 Å². The van der Waals surface area contributed by atoms with E-state index in [-0.39, 0.29) is 0 Å². The fourth-order valence-electron chi connectivity index (χ4n) is 3.01. The minimum absolute atomic E-state index is 0.655. The molecule has 25 heavy (non-hydrogen) atoms. The zero-order valence-corrected chi connectivity index (χ0v) is 15.5. The van der Waals surface area contributed by atoms with Crippen LogP contribution in [0.1, 0.15) is 16.7 Å². The Morgan fingerprint density at radius 3 is 2.80 bits per heavy atom. The highest BCUT2D eigenvalue weighted by molar-refractivity contribution is 9.10. The Morgan fingerprint density at radius 1 is 1.12 bits per heavy atom. The van der Waals surface area contributed by atoms with Crippen molar-refractivity contribution in [3.05, 3.63) is 69.8 Å². The molecular formula is C19H18BrN5. The topological polar surface area (TPSA) is 53.9 Å². The summed E-state index contributed by atoms with van der Waals surface area (Å²) in [5, 5.41) is 11.7. The van der Waals surface area contributed by atoms with E-state index in [1.54, 1.807) is 6.20 Å². The Morgan fingerprint density at radius 2 is 1.96 bits per heavy atom. The number of aryl methyl sites for hydroxylation is 1. The third kappa shape index (κ3) is 3.49. The van der Waals surface area contributed by atoms with Crippen molar-refractivity contribution in [2.75, 3.05) is 16.8 Å². The summed E-state index contributed by atoms with van der Waals surface area (Å²) in [5.41, 5.74) is 4.90. The lowest BCUT2D eigenvalue weighted by molar-refractivity contribution is 0.698. The Bertz CT molecular complexity index is 912. The molecule has 0 saturated carbocycles. The summed E-state index contributed by atoms with van der Waals surface area (Å²) < 4.78 is 1.000. The van der Waals surface area contributed by atoms with Gasteiger partial charge in [-0.1, -0.05) is 30.3 Å². The molecule has 1 aromatic heterocycles. The third-order valence-electron chi connectivity index (χ3n) is 4.35. The number of fused-ring (bicyclic) bond motifs is 1. The molecular weight excluding hydrogens is 378 g/mol. The summed E-state index contributed by atoms with van der Waals surface area (Å²) >= 11 is 3.58. The number of hydrogen-bond acceptors (Lipinski definition) is 5. The predicted octanol–water partition coefficient (Wildman–Crippen LogP) is 4.25. The molecule has 0 atom stereocenters. The average molecular weight is 396 g/mol. The van der Waals surface area contributed by atoms with E-state index in [9.17, 15) is 0 Å². The van der Waals surface area contributed by atoms with Crippen LogP contribution in [0.2, 0.25) is 0 Å². The van der Waals surface area contributed by atoms with Crippen LogP contribution in [0, 0.1) is 6.92 Å². The van der Waals surface area contributed by atoms with E-state index in [1.807, 2.05) is 6.07 Å². The maximum absolute atomic E-state index is 4.65. The monoisotopic (exact) mass is 395 g/mol. The van der Waals surface area contributed by atoms with Crippen molar-refractivity contribution in [1.82, 2.24) is 15.2 Å². The smallest absolute Gasteiger partial charge is 0.247 e. The van der Waals surface area contributed by atoms with E-state index >= 15 is 0 Å². The van der Waals surface area contributed by atoms with Gasteiger partial charge in [-0.3, -0.25) is 0 Å². The summed E-state index contributed by atoms with van der Waals surface area (Å²) in [6.07, 6.45) is 2.65. The molecule has 126 valence electrons. The maximum Gasteiger partial charge on any atom is 0.247 e. The van der Waals surface area contributed by atoms with Crippen LogP contribution >= 0.6 is 15.9 Å². The Hall–Kier alpha value is -2.47. The zero-order valence-electron chi connectivity index (χ0n) is 13.9. The number of nitrogens with one attached hydrogen (secondary N) is 1. The fraction of sp³-hybridized carbons (Fsp3) is 0.211. The highest BCUT2D eigenvalue weighted by Gasteiger charge is 2.18. The first-order valence-electron chi connectivity index (χ1n) is 8.24. The van der Waals surface area contributed by atoms with Crippen LogP contribution in [0.4, 0.5) is 17.5 Å². The SMILES string of the molecule is Cc1ccc(Nc2cnnc(N3CCc4ccccc4C3)n2)c(Br)c1. The normalized spacial score (nSPS) is 13.4. The van der Waals surface area contributed by atoms with E-state index in [4.69, 9.17) is 0 Å². The Labute approximate surface area is 155 Å². The molecule has 5 nitrogen and oxygen atoms in total. The van der Waals surface area contributed by atoms with Crippen LogP contribution in [-0.2, 0) is 13.0 Å². The molecule has 0 saturated heterocycles. The molecule has 6 heteroatoms. The summed E-state index contributed by atoms with van der Waals surface area (Å²) in [5.74, 6) is 1.34. The molecule has 0 bridgehead atoms. The van der Waals surface area contributed by atoms with Crippen LogP contribution in [-0.4, -0.2) is 21.7 Å². The summed E-state index contributed by atoms with van der Waals surface area (Å²) in [6, 6.07) is 14.7. The molecule has 0 aliphatic carbocycles. The van der Waals surface area contributed by atoms with Gasteiger partial charge >= 0.3 is 0 Å². The number of rotatable bonds is 3. The summed E-state index contributed by atoms with van der Waals surface area (Å²) in [4.78, 5) is 6.82. The van der Waals surface area contributed by atoms with Crippen LogP contribution in [0.25, 0.3) is 0 Å². The first kappa shape index (κ1) is 16.0. The van der Waals surface area contributed by atoms with Crippen LogP contribution in [0.5, 0.6) is 0 Å². The number of anilines is 3. The van der Waals surface area contributed by atoms with Crippen molar-refractivity contribution in [1.29, 1.82) is 0 Å². The van der Waals surface area contributed by atoms with Crippen molar-refractivity contribution in [2.24, 2.45) is 0 Å². The maximum atomic E-state index is 4.65. The summed E-state index contributed by atoms with van der Waals surface area (Å²) in [6.45, 7) is 3.78. The second kappa shape index (κ2) is 6.80. The second-order valence-corrected chi connectivity index (χ2v) is 7.04. The number of halogens is 1. The first-order chi connectivity index (χ1) is 12.2. The molecule has 0 radical (unpaired) electrons. The van der Waals surface area contributed by atoms with Gasteiger partial charge in [-0.15, -0.1) is 5.10 Å². The molecule has 2 heterocycles. The van der Waals surface area contributed by atoms with Gasteiger partial charge in [0.1, 0.15) is 0 Å². The van der Waals surface area contributed by atoms with Gasteiger partial charge < -0.3 is 10.2 Å². The lowest BCUT2D eigenvalue weighted by Gasteiger charge is -2.28. The highest BCUT2D eigenvalue weighted by atomic mass is 79.9. The van der Waals surface area contributed by atoms with Crippen molar-refractivity contribution in [3.63, 3.8) is 0 Å². The molecule has 1 aliphatic rings. The van der Waals surface area contributed by atoms with Gasteiger partial charge in [0.25, 0.3) is 0 Å². The number of aromatic nitrogens is 3. The zero-order chi connectivity index (χ0) is 17.2. The molecule has 4 rings (SSSR count). The van der Waals surface area contributed by atoms with Gasteiger partial charge in [0.05, 0.1) is 11.9 Å². The molecule has 0 unspecified atom stereocenters. The van der Waals surface area contributed by atoms with E-state index in [2.05, 4.69) is 84.6 Å². The van der Waals surface area contributed by atoms with E-state index in [0.717, 1.165) is 29.7 Å². The Balaban J connectivity index is 1.56. The van der Waals surface area contributed by atoms with E-state index in [1.165, 1.54) is 16.7 Å². The molecule has 3 aromatic rings. The van der Waals surface area contributed by atoms with Crippen LogP contribution in [0.3, 0.4) is 0 Å². The van der Waals surface area contributed by atoms with Crippen LogP contribution < -0.4 is 10.2 Å². The quantitative estimate of drug-likeness (QED) is 0.718. The molecule has 1 aliphatic heterocycles. The number of benzene rings is 2. The average Bonchev–Trinajstić information content (AvgIpc) is 2.64. The highest BCUT2D eigenvalue weighted by Crippen LogP contribution is 2.27. The number of hydrogen-bond donors (Lipinski definition) is 1. The molecule has 2 aromatic carbocycles. The molecule has 0 amide bonds. The molecule has 0 fully saturated rings. The largest absolute Gasteiger partial charge is 0.338 e. The third-order valence-corrected chi connectivity index (χ3v) is 5.00. The van der Waals surface area contributed by atoms with Gasteiger partial charge in [0, 0.05) is 17.6 Å². The minimum Gasteiger partial charge on any atom is -0.338 e. The molecule has 1 N–H and O–H groups in total. The number of nitrogens with zero attached hydrogens (tertiary/aromatic N) is 4. The van der Waals surface area contributed by atoms with Crippen molar-refractivity contribution >= 4 is 33.4 Å². The van der Waals surface area contributed by atoms with E-state index in [0.29, 0.717) is 11.8 Å². The lowest BCUT2D eigenvalue weighted by Crippen LogP contribution is -2.32. The van der Waals surface area contributed by atoms with Gasteiger partial charge in [-0.25, -0.2) is 0 Å². The second-order valence-electron chi connectivity index (χ2n) is 6.19. The van der Waals surface area contributed by atoms with Crippen LogP contribution in [0.15, 0.2) is 53.1 Å². The fourth-order valence-corrected chi connectivity index (χ4v) is 3.61. The van der Waals surface area contributed by atoms with Crippen molar-refractivity contribution < 1.29 is 0 Å². The first-order valence-corrected chi connectivity index (χ1v) is 9.03. The van der Waals surface area contributed by atoms with Gasteiger partial charge in [0.2, 0.25) is 5.95 Å². The standard InChI is InChI=1S/C19H18BrN5/c1-13-6-7-17(16(20)10-13)22-18-11-21-24-19(23-18)25-9-8-14-4-2-3-5-15(14)12-25/h2-7,10-11H,8-9,12H2,1H3,(H,22,23,24).